The van der Waals surface area contributed by atoms with Gasteiger partial charge in [0.1, 0.15) is 11.8 Å². The van der Waals surface area contributed by atoms with Crippen molar-refractivity contribution < 1.29 is 23.7 Å². The average Bonchev–Trinajstić information content (AvgIpc) is 2.56. The van der Waals surface area contributed by atoms with E-state index < -0.39 is 19.0 Å². The summed E-state index contributed by atoms with van der Waals surface area (Å²) >= 11 is 0. The highest BCUT2D eigenvalue weighted by Crippen LogP contribution is 2.15. The van der Waals surface area contributed by atoms with Crippen LogP contribution in [0, 0.1) is 0 Å². The molecule has 0 aliphatic rings. The van der Waals surface area contributed by atoms with Crippen molar-refractivity contribution in [2.75, 3.05) is 41.5 Å². The quantitative estimate of drug-likeness (QED) is 0.345. The van der Waals surface area contributed by atoms with Gasteiger partial charge < -0.3 is 29.6 Å². The van der Waals surface area contributed by atoms with Crippen LogP contribution in [0.4, 0.5) is 4.79 Å². The van der Waals surface area contributed by atoms with Crippen molar-refractivity contribution in [3.05, 3.63) is 0 Å². The van der Waals surface area contributed by atoms with Gasteiger partial charge in [-0.1, -0.05) is 13.8 Å². The number of urea groups is 1. The molecule has 0 rings (SSSR count). The minimum atomic E-state index is -0.518. The number of carbonyl (C=O) groups excluding carboxylic acids is 1. The Morgan fingerprint density at radius 2 is 1.21 bits per heavy atom. The maximum Gasteiger partial charge on any atom is 0.314 e. The van der Waals surface area contributed by atoms with Crippen molar-refractivity contribution in [2.24, 2.45) is 5.73 Å². The van der Waals surface area contributed by atoms with Crippen LogP contribution >= 0.6 is 0 Å². The van der Waals surface area contributed by atoms with E-state index in [2.05, 4.69) is 13.8 Å². The van der Waals surface area contributed by atoms with Crippen LogP contribution in [0.2, 0.25) is 11.1 Å². The van der Waals surface area contributed by atoms with Gasteiger partial charge >= 0.3 is 6.03 Å². The highest BCUT2D eigenvalue weighted by Gasteiger charge is 2.18. The molecule has 0 heterocycles. The first-order valence-corrected chi connectivity index (χ1v) is 11.8. The Morgan fingerprint density at radius 1 is 0.875 bits per heavy atom. The number of hydrogen-bond acceptors (Lipinski definition) is 5. The van der Waals surface area contributed by atoms with Gasteiger partial charge in [0, 0.05) is 41.5 Å². The van der Waals surface area contributed by atoms with Crippen LogP contribution in [-0.2, 0) is 18.9 Å². The second-order valence-electron chi connectivity index (χ2n) is 6.39. The number of nitrogens with two attached hydrogens (primary N) is 1. The minimum Gasteiger partial charge on any atom is -0.360 e. The van der Waals surface area contributed by atoms with Gasteiger partial charge in [0.25, 0.3) is 0 Å². The fourth-order valence-corrected chi connectivity index (χ4v) is 5.48. The summed E-state index contributed by atoms with van der Waals surface area (Å²) in [5.41, 5.74) is 6.57. The summed E-state index contributed by atoms with van der Waals surface area (Å²) < 4.78 is 21.1. The number of primary amides is 1. The molecule has 24 heavy (non-hydrogen) atoms. The molecule has 0 radical (unpaired) electrons. The van der Waals surface area contributed by atoms with Crippen LogP contribution in [0.15, 0.2) is 0 Å². The molecule has 0 aromatic heterocycles. The highest BCUT2D eigenvalue weighted by atomic mass is 28.2. The normalized spacial score (nSPS) is 15.2. The summed E-state index contributed by atoms with van der Waals surface area (Å²) in [6.45, 7) is 5.76. The molecular weight excluding hydrogens is 344 g/mol. The molecule has 0 saturated carbocycles. The maximum atomic E-state index is 11.7. The first-order valence-electron chi connectivity index (χ1n) is 8.53. The van der Waals surface area contributed by atoms with Crippen molar-refractivity contribution in [2.45, 2.75) is 49.6 Å². The Labute approximate surface area is 151 Å². The summed E-state index contributed by atoms with van der Waals surface area (Å²) in [4.78, 5) is 13.4. The molecule has 0 aromatic carbocycles. The number of nitrogens with zero attached hydrogens (tertiary/aromatic N) is 1. The van der Waals surface area contributed by atoms with Crippen molar-refractivity contribution in [3.63, 3.8) is 0 Å². The van der Waals surface area contributed by atoms with Crippen LogP contribution < -0.4 is 5.73 Å². The molecule has 0 bridgehead atoms. The molecule has 0 spiro atoms. The largest absolute Gasteiger partial charge is 0.360 e. The van der Waals surface area contributed by atoms with E-state index in [-0.39, 0.29) is 17.9 Å². The van der Waals surface area contributed by atoms with Gasteiger partial charge in [0.15, 0.2) is 0 Å². The van der Waals surface area contributed by atoms with Gasteiger partial charge in [0.05, 0.1) is 19.0 Å². The van der Waals surface area contributed by atoms with Gasteiger partial charge in [0.2, 0.25) is 0 Å². The molecule has 2 unspecified atom stereocenters. The van der Waals surface area contributed by atoms with Crippen LogP contribution in [0.25, 0.3) is 0 Å². The minimum absolute atomic E-state index is 0.0620. The second-order valence-corrected chi connectivity index (χ2v) is 11.5. The predicted octanol–water partition coefficient (Wildman–Crippen LogP) is 0.255. The van der Waals surface area contributed by atoms with Crippen LogP contribution in [0.1, 0.15) is 26.7 Å². The zero-order chi connectivity index (χ0) is 18.5. The lowest BCUT2D eigenvalue weighted by atomic mass is 10.2. The molecular formula is C15H36N2O5Si2. The van der Waals surface area contributed by atoms with E-state index in [4.69, 9.17) is 24.7 Å². The third kappa shape index (κ3) is 10.4. The Balaban J connectivity index is 4.24. The number of amides is 2. The third-order valence-corrected chi connectivity index (χ3v) is 8.87. The Hall–Kier alpha value is -0.456. The van der Waals surface area contributed by atoms with E-state index in [9.17, 15) is 4.79 Å². The summed E-state index contributed by atoms with van der Waals surface area (Å²) in [5, 5.41) is 0. The highest BCUT2D eigenvalue weighted by molar-refractivity contribution is 6.38. The SMILES string of the molecule is COC(OC)[SiH2]C(C)CCN(CCC(C)[SiH2]C(OC)OC)C(N)=O. The summed E-state index contributed by atoms with van der Waals surface area (Å²) in [6, 6.07) is -0.345. The monoisotopic (exact) mass is 380 g/mol. The van der Waals surface area contributed by atoms with E-state index in [1.54, 1.807) is 33.3 Å². The molecule has 2 N–H and O–H groups in total. The first kappa shape index (κ1) is 23.5. The summed E-state index contributed by atoms with van der Waals surface area (Å²) in [6.07, 6.45) is 1.87. The van der Waals surface area contributed by atoms with Crippen molar-refractivity contribution >= 4 is 25.1 Å². The van der Waals surface area contributed by atoms with E-state index in [1.807, 2.05) is 0 Å². The Kier molecular flexibility index (Phi) is 13.5. The average molecular weight is 381 g/mol. The van der Waals surface area contributed by atoms with Crippen molar-refractivity contribution in [1.82, 2.24) is 4.90 Å². The zero-order valence-electron chi connectivity index (χ0n) is 16.1. The van der Waals surface area contributed by atoms with Gasteiger partial charge in [-0.2, -0.15) is 0 Å². The van der Waals surface area contributed by atoms with E-state index in [0.29, 0.717) is 24.2 Å². The number of carbonyl (C=O) groups is 1. The Morgan fingerprint density at radius 3 is 1.46 bits per heavy atom. The summed E-state index contributed by atoms with van der Waals surface area (Å²) in [7, 11) is 5.64. The molecule has 144 valence electrons. The van der Waals surface area contributed by atoms with Gasteiger partial charge in [-0.15, -0.1) is 0 Å². The molecule has 0 fully saturated rings. The standard InChI is InChI=1S/C15H36N2O5Si2/c1-11(23-14(19-3)20-4)7-9-17(13(16)18)10-8-12(2)24-15(21-5)22-6/h11-12,14-15H,7-10,23-24H2,1-6H3,(H2,16,18). The first-order chi connectivity index (χ1) is 11.4. The molecule has 9 heteroatoms. The predicted molar refractivity (Wildman–Crippen MR) is 102 cm³/mol. The number of methoxy groups -OCH3 is 4. The van der Waals surface area contributed by atoms with Gasteiger partial charge in [-0.3, -0.25) is 0 Å². The third-order valence-electron chi connectivity index (χ3n) is 4.34. The lowest BCUT2D eigenvalue weighted by Crippen LogP contribution is -2.39. The molecule has 2 atom stereocenters. The van der Waals surface area contributed by atoms with E-state index in [0.717, 1.165) is 12.8 Å². The fraction of sp³-hybridized carbons (Fsp3) is 0.933. The number of hydrogen-bond donors (Lipinski definition) is 1. The summed E-state index contributed by atoms with van der Waals surface area (Å²) in [5.74, 6) is -0.124. The molecule has 0 aliphatic carbocycles. The Bertz CT molecular complexity index is 307. The lowest BCUT2D eigenvalue weighted by Gasteiger charge is -2.25. The second kappa shape index (κ2) is 13.8. The molecule has 7 nitrogen and oxygen atoms in total. The van der Waals surface area contributed by atoms with E-state index in [1.165, 1.54) is 0 Å². The van der Waals surface area contributed by atoms with Crippen LogP contribution in [0.3, 0.4) is 0 Å². The van der Waals surface area contributed by atoms with Crippen molar-refractivity contribution in [3.8, 4) is 0 Å². The van der Waals surface area contributed by atoms with Crippen LogP contribution in [0.5, 0.6) is 0 Å². The van der Waals surface area contributed by atoms with Gasteiger partial charge in [-0.05, 0) is 23.9 Å². The van der Waals surface area contributed by atoms with E-state index >= 15 is 0 Å². The fourth-order valence-electron chi connectivity index (χ4n) is 2.55. The number of ether oxygens (including phenoxy) is 4. The number of rotatable bonds is 14. The van der Waals surface area contributed by atoms with Gasteiger partial charge in [-0.25, -0.2) is 4.79 Å². The van der Waals surface area contributed by atoms with Crippen molar-refractivity contribution in [1.29, 1.82) is 0 Å². The van der Waals surface area contributed by atoms with Crippen LogP contribution in [-0.4, -0.2) is 83.3 Å². The smallest absolute Gasteiger partial charge is 0.314 e. The topological polar surface area (TPSA) is 83.2 Å². The lowest BCUT2D eigenvalue weighted by molar-refractivity contribution is -0.0448. The zero-order valence-corrected chi connectivity index (χ0v) is 18.9. The molecule has 2 amide bonds. The molecule has 0 aliphatic heterocycles. The molecule has 0 saturated heterocycles. The molecule has 0 aromatic rings. The maximum absolute atomic E-state index is 11.7.